The lowest BCUT2D eigenvalue weighted by Crippen LogP contribution is -2.61. The zero-order valence-electron chi connectivity index (χ0n) is 11.7. The van der Waals surface area contributed by atoms with Crippen molar-refractivity contribution in [1.29, 1.82) is 0 Å². The van der Waals surface area contributed by atoms with E-state index in [0.717, 1.165) is 19.3 Å². The predicted octanol–water partition coefficient (Wildman–Crippen LogP) is 1.85. The van der Waals surface area contributed by atoms with Gasteiger partial charge in [0, 0.05) is 12.3 Å². The average Bonchev–Trinajstić information content (AvgIpc) is 2.90. The predicted molar refractivity (Wildman–Crippen MR) is 66.3 cm³/mol. The molecule has 104 valence electrons. The summed E-state index contributed by atoms with van der Waals surface area (Å²) in [4.78, 5) is 24.6. The molecule has 0 unspecified atom stereocenters. The van der Waals surface area contributed by atoms with E-state index in [0.29, 0.717) is 6.42 Å². The maximum atomic E-state index is 12.7. The van der Waals surface area contributed by atoms with E-state index in [1.807, 2.05) is 13.8 Å². The van der Waals surface area contributed by atoms with Crippen molar-refractivity contribution < 1.29 is 19.1 Å². The van der Waals surface area contributed by atoms with Crippen LogP contribution in [0.5, 0.6) is 0 Å². The number of epoxide rings is 1. The smallest absolute Gasteiger partial charge is 0.309 e. The van der Waals surface area contributed by atoms with Gasteiger partial charge in [0.25, 0.3) is 0 Å². The van der Waals surface area contributed by atoms with Crippen LogP contribution in [0.1, 0.15) is 46.5 Å². The summed E-state index contributed by atoms with van der Waals surface area (Å²) in [6.07, 6.45) is 3.08. The summed E-state index contributed by atoms with van der Waals surface area (Å²) >= 11 is 0. The minimum atomic E-state index is -0.543. The molecular weight excluding hydrogens is 244 g/mol. The highest BCUT2D eigenvalue weighted by atomic mass is 16.7. The Balaban J connectivity index is 1.85. The largest absolute Gasteiger partial charge is 0.459 e. The quantitative estimate of drug-likeness (QED) is 0.495. The van der Waals surface area contributed by atoms with Crippen molar-refractivity contribution in [3.05, 3.63) is 0 Å². The van der Waals surface area contributed by atoms with Gasteiger partial charge in [-0.05, 0) is 33.1 Å². The summed E-state index contributed by atoms with van der Waals surface area (Å²) in [7, 11) is 0. The zero-order chi connectivity index (χ0) is 13.6. The fraction of sp³-hybridized carbons (Fsp3) is 0.867. The van der Waals surface area contributed by atoms with Crippen LogP contribution >= 0.6 is 0 Å². The van der Waals surface area contributed by atoms with E-state index in [1.165, 1.54) is 0 Å². The number of esters is 1. The van der Waals surface area contributed by atoms with E-state index in [9.17, 15) is 9.59 Å². The Morgan fingerprint density at radius 2 is 1.95 bits per heavy atom. The third-order valence-electron chi connectivity index (χ3n) is 6.36. The molecule has 0 radical (unpaired) electrons. The van der Waals surface area contributed by atoms with Gasteiger partial charge >= 0.3 is 5.97 Å². The second-order valence-corrected chi connectivity index (χ2v) is 7.19. The molecule has 1 spiro atoms. The number of carbonyl (C=O) groups excluding carboxylic acids is 2. The van der Waals surface area contributed by atoms with Crippen molar-refractivity contribution in [3.63, 3.8) is 0 Å². The topological polar surface area (TPSA) is 55.9 Å². The molecular formula is C15H20O4. The molecule has 4 fully saturated rings. The van der Waals surface area contributed by atoms with Crippen molar-refractivity contribution in [3.8, 4) is 0 Å². The van der Waals surface area contributed by atoms with Crippen molar-refractivity contribution in [2.45, 2.75) is 63.8 Å². The van der Waals surface area contributed by atoms with Gasteiger partial charge in [0.1, 0.15) is 23.1 Å². The molecule has 2 saturated heterocycles. The van der Waals surface area contributed by atoms with Crippen LogP contribution in [-0.4, -0.2) is 29.1 Å². The number of fused-ring (bicyclic) bond motifs is 1. The first kappa shape index (κ1) is 11.9. The molecule has 0 bridgehead atoms. The number of hydrogen-bond donors (Lipinski definition) is 0. The average molecular weight is 264 g/mol. The van der Waals surface area contributed by atoms with Gasteiger partial charge in [0.2, 0.25) is 0 Å². The highest BCUT2D eigenvalue weighted by Crippen LogP contribution is 2.72. The fourth-order valence-electron chi connectivity index (χ4n) is 5.11. The third-order valence-corrected chi connectivity index (χ3v) is 6.36. The molecule has 19 heavy (non-hydrogen) atoms. The zero-order valence-corrected chi connectivity index (χ0v) is 11.7. The van der Waals surface area contributed by atoms with Gasteiger partial charge in [-0.15, -0.1) is 0 Å². The van der Waals surface area contributed by atoms with E-state index in [-0.39, 0.29) is 35.3 Å². The molecule has 0 aromatic heterocycles. The molecule has 4 nitrogen and oxygen atoms in total. The van der Waals surface area contributed by atoms with Gasteiger partial charge < -0.3 is 9.47 Å². The highest BCUT2D eigenvalue weighted by molar-refractivity contribution is 5.91. The number of rotatable bonds is 0. The first-order valence-corrected chi connectivity index (χ1v) is 7.30. The van der Waals surface area contributed by atoms with E-state index in [1.54, 1.807) is 0 Å². The van der Waals surface area contributed by atoms with Crippen molar-refractivity contribution in [2.24, 2.45) is 17.3 Å². The third kappa shape index (κ3) is 1.04. The second kappa shape index (κ2) is 3.05. The lowest BCUT2D eigenvalue weighted by molar-refractivity contribution is -0.158. The molecule has 2 aliphatic carbocycles. The van der Waals surface area contributed by atoms with Crippen LogP contribution in [0.2, 0.25) is 0 Å². The van der Waals surface area contributed by atoms with E-state index < -0.39 is 11.0 Å². The van der Waals surface area contributed by atoms with Crippen LogP contribution in [0.3, 0.4) is 0 Å². The Bertz CT molecular complexity index is 500. The van der Waals surface area contributed by atoms with Gasteiger partial charge in [-0.2, -0.15) is 0 Å². The fourth-order valence-corrected chi connectivity index (χ4v) is 5.11. The number of hydrogen-bond acceptors (Lipinski definition) is 4. The minimum absolute atomic E-state index is 0.00741. The van der Waals surface area contributed by atoms with Crippen LogP contribution in [0.25, 0.3) is 0 Å². The van der Waals surface area contributed by atoms with Gasteiger partial charge in [-0.1, -0.05) is 6.92 Å². The monoisotopic (exact) mass is 264 g/mol. The summed E-state index contributed by atoms with van der Waals surface area (Å²) in [5.74, 6) is -0.0663. The second-order valence-electron chi connectivity index (χ2n) is 7.19. The molecule has 0 N–H and O–H groups in total. The van der Waals surface area contributed by atoms with Gasteiger partial charge in [-0.25, -0.2) is 0 Å². The van der Waals surface area contributed by atoms with Crippen molar-refractivity contribution in [2.75, 3.05) is 0 Å². The first-order chi connectivity index (χ1) is 8.86. The Labute approximate surface area is 112 Å². The summed E-state index contributed by atoms with van der Waals surface area (Å²) in [6, 6.07) is 0. The number of Topliss-reactive ketones (excluding diaryl/α,β-unsaturated/α-hetero) is 1. The Kier molecular flexibility index (Phi) is 1.91. The van der Waals surface area contributed by atoms with Crippen LogP contribution < -0.4 is 0 Å². The van der Waals surface area contributed by atoms with Crippen LogP contribution in [0, 0.1) is 17.3 Å². The van der Waals surface area contributed by atoms with E-state index in [2.05, 4.69) is 6.92 Å². The highest BCUT2D eigenvalue weighted by Gasteiger charge is 2.85. The molecule has 2 saturated carbocycles. The molecule has 0 aromatic carbocycles. The summed E-state index contributed by atoms with van der Waals surface area (Å²) in [5, 5.41) is 0. The number of carbonyl (C=O) groups is 2. The molecule has 4 aliphatic rings. The molecule has 4 rings (SSSR count). The van der Waals surface area contributed by atoms with Gasteiger partial charge in [-0.3, -0.25) is 9.59 Å². The normalized spacial score (nSPS) is 59.0. The summed E-state index contributed by atoms with van der Waals surface area (Å²) in [5.41, 5.74) is -1.28. The standard InChI is InChI=1S/C15H20O4/c1-8-9-7-10(16)13(2)5-4-6-14(3)15(13,19-14)11(9)18-12(8)17/h8-9,11H,4-7H2,1-3H3/t8-,9+,11-,13-,14-,15+/m1/s1. The van der Waals surface area contributed by atoms with E-state index >= 15 is 0 Å². The molecule has 6 atom stereocenters. The Morgan fingerprint density at radius 1 is 1.21 bits per heavy atom. The molecule has 2 heterocycles. The summed E-state index contributed by atoms with van der Waals surface area (Å²) in [6.45, 7) is 5.98. The van der Waals surface area contributed by atoms with Gasteiger partial charge in [0.15, 0.2) is 0 Å². The Hall–Kier alpha value is -0.900. The summed E-state index contributed by atoms with van der Waals surface area (Å²) < 4.78 is 11.8. The van der Waals surface area contributed by atoms with Crippen LogP contribution in [0.4, 0.5) is 0 Å². The maximum Gasteiger partial charge on any atom is 0.309 e. The molecule has 4 heteroatoms. The molecule has 2 aliphatic heterocycles. The van der Waals surface area contributed by atoms with Gasteiger partial charge in [0.05, 0.1) is 11.3 Å². The maximum absolute atomic E-state index is 12.7. The lowest BCUT2D eigenvalue weighted by atomic mass is 9.52. The van der Waals surface area contributed by atoms with Crippen molar-refractivity contribution in [1.82, 2.24) is 0 Å². The minimum Gasteiger partial charge on any atom is -0.459 e. The van der Waals surface area contributed by atoms with Crippen LogP contribution in [0.15, 0.2) is 0 Å². The lowest BCUT2D eigenvalue weighted by Gasteiger charge is -2.47. The number of ketones is 1. The Morgan fingerprint density at radius 3 is 2.68 bits per heavy atom. The number of ether oxygens (including phenoxy) is 2. The molecule has 0 aromatic rings. The SMILES string of the molecule is C[C@H]1C(=O)O[C@@H]2[C@H]1CC(=O)[C@@]1(C)CCC[C@@]3(C)O[C@]231. The van der Waals surface area contributed by atoms with E-state index in [4.69, 9.17) is 9.47 Å². The molecule has 0 amide bonds. The van der Waals surface area contributed by atoms with Crippen LogP contribution in [-0.2, 0) is 19.1 Å². The van der Waals surface area contributed by atoms with Crippen molar-refractivity contribution >= 4 is 11.8 Å². The first-order valence-electron chi connectivity index (χ1n) is 7.30.